The van der Waals surface area contributed by atoms with Crippen molar-refractivity contribution in [2.24, 2.45) is 0 Å². The van der Waals surface area contributed by atoms with Crippen molar-refractivity contribution in [2.75, 3.05) is 18.5 Å². The predicted molar refractivity (Wildman–Crippen MR) is 83.2 cm³/mol. The van der Waals surface area contributed by atoms with E-state index in [9.17, 15) is 0 Å². The van der Waals surface area contributed by atoms with Crippen LogP contribution in [0.4, 0.5) is 5.95 Å². The minimum atomic E-state index is 0.523. The van der Waals surface area contributed by atoms with Crippen molar-refractivity contribution in [1.29, 1.82) is 0 Å². The van der Waals surface area contributed by atoms with Gasteiger partial charge >= 0.3 is 0 Å². The van der Waals surface area contributed by atoms with E-state index in [1.54, 1.807) is 0 Å². The highest BCUT2D eigenvalue weighted by Gasteiger charge is 2.05. The van der Waals surface area contributed by atoms with Gasteiger partial charge in [0.05, 0.1) is 6.61 Å². The van der Waals surface area contributed by atoms with Gasteiger partial charge in [-0.3, -0.25) is 0 Å². The lowest BCUT2D eigenvalue weighted by atomic mass is 10.3. The van der Waals surface area contributed by atoms with Gasteiger partial charge in [-0.05, 0) is 32.4 Å². The van der Waals surface area contributed by atoms with E-state index in [-0.39, 0.29) is 0 Å². The number of nitrogens with zero attached hydrogens (tertiary/aromatic N) is 2. The van der Waals surface area contributed by atoms with Crippen LogP contribution in [0.3, 0.4) is 0 Å². The molecule has 5 heteroatoms. The summed E-state index contributed by atoms with van der Waals surface area (Å²) in [6.07, 6.45) is 1.02. The summed E-state index contributed by atoms with van der Waals surface area (Å²) in [7, 11) is 0. The molecule has 0 aliphatic rings. The van der Waals surface area contributed by atoms with Crippen LogP contribution in [0, 0.1) is 6.92 Å². The largest absolute Gasteiger partial charge is 0.494 e. The number of rotatable bonds is 7. The molecule has 0 aliphatic carbocycles. The Morgan fingerprint density at radius 3 is 2.67 bits per heavy atom. The van der Waals surface area contributed by atoms with E-state index >= 15 is 0 Å². The SMILES string of the molecule is CCCNc1nc(C)cc(Oc2cccc(OCC)c2)n1. The van der Waals surface area contributed by atoms with Crippen molar-refractivity contribution in [3.63, 3.8) is 0 Å². The average molecular weight is 287 g/mol. The third-order valence-electron chi connectivity index (χ3n) is 2.70. The zero-order valence-electron chi connectivity index (χ0n) is 12.7. The molecule has 0 saturated heterocycles. The van der Waals surface area contributed by atoms with Crippen LogP contribution in [-0.4, -0.2) is 23.1 Å². The Balaban J connectivity index is 2.14. The molecule has 5 nitrogen and oxygen atoms in total. The Morgan fingerprint density at radius 2 is 1.90 bits per heavy atom. The van der Waals surface area contributed by atoms with Gasteiger partial charge < -0.3 is 14.8 Å². The topological polar surface area (TPSA) is 56.3 Å². The molecule has 1 aromatic heterocycles. The first-order valence-electron chi connectivity index (χ1n) is 7.21. The van der Waals surface area contributed by atoms with Crippen molar-refractivity contribution in [3.8, 4) is 17.4 Å². The Labute approximate surface area is 125 Å². The summed E-state index contributed by atoms with van der Waals surface area (Å²) in [5.41, 5.74) is 0.861. The molecule has 0 saturated carbocycles. The molecule has 0 unspecified atom stereocenters. The normalized spacial score (nSPS) is 10.2. The molecule has 1 N–H and O–H groups in total. The van der Waals surface area contributed by atoms with Crippen LogP contribution in [0.1, 0.15) is 26.0 Å². The summed E-state index contributed by atoms with van der Waals surface area (Å²) in [6.45, 7) is 7.43. The van der Waals surface area contributed by atoms with Crippen LogP contribution in [-0.2, 0) is 0 Å². The van der Waals surface area contributed by atoms with Gasteiger partial charge in [-0.2, -0.15) is 4.98 Å². The van der Waals surface area contributed by atoms with Crippen molar-refractivity contribution < 1.29 is 9.47 Å². The van der Waals surface area contributed by atoms with Gasteiger partial charge in [0.15, 0.2) is 0 Å². The zero-order chi connectivity index (χ0) is 15.1. The molecule has 0 aliphatic heterocycles. The first kappa shape index (κ1) is 15.1. The second-order valence-corrected chi connectivity index (χ2v) is 4.61. The molecule has 0 amide bonds. The van der Waals surface area contributed by atoms with Crippen LogP contribution < -0.4 is 14.8 Å². The maximum Gasteiger partial charge on any atom is 0.226 e. The minimum Gasteiger partial charge on any atom is -0.494 e. The van der Waals surface area contributed by atoms with Crippen molar-refractivity contribution >= 4 is 5.95 Å². The fraction of sp³-hybridized carbons (Fsp3) is 0.375. The number of aryl methyl sites for hydroxylation is 1. The summed E-state index contributed by atoms with van der Waals surface area (Å²) in [4.78, 5) is 8.69. The van der Waals surface area contributed by atoms with E-state index in [0.717, 1.165) is 24.4 Å². The van der Waals surface area contributed by atoms with Crippen molar-refractivity contribution in [3.05, 3.63) is 36.0 Å². The fourth-order valence-electron chi connectivity index (χ4n) is 1.82. The molecular formula is C16H21N3O2. The molecule has 2 rings (SSSR count). The quantitative estimate of drug-likeness (QED) is 0.839. The summed E-state index contributed by atoms with van der Waals surface area (Å²) < 4.78 is 11.3. The lowest BCUT2D eigenvalue weighted by Crippen LogP contribution is -2.05. The highest BCUT2D eigenvalue weighted by atomic mass is 16.5. The first-order valence-corrected chi connectivity index (χ1v) is 7.21. The molecule has 0 spiro atoms. The second-order valence-electron chi connectivity index (χ2n) is 4.61. The third kappa shape index (κ3) is 4.63. The number of hydrogen-bond donors (Lipinski definition) is 1. The van der Waals surface area contributed by atoms with Crippen LogP contribution in [0.5, 0.6) is 17.4 Å². The van der Waals surface area contributed by atoms with E-state index in [1.807, 2.05) is 44.2 Å². The average Bonchev–Trinajstić information content (AvgIpc) is 2.45. The molecule has 1 heterocycles. The molecule has 0 radical (unpaired) electrons. The van der Waals surface area contributed by atoms with Gasteiger partial charge in [-0.1, -0.05) is 13.0 Å². The molecule has 1 aromatic carbocycles. The van der Waals surface area contributed by atoms with Crippen LogP contribution in [0.15, 0.2) is 30.3 Å². The van der Waals surface area contributed by atoms with Gasteiger partial charge in [0.1, 0.15) is 11.5 Å². The number of ether oxygens (including phenoxy) is 2. The predicted octanol–water partition coefficient (Wildman–Crippen LogP) is 3.80. The third-order valence-corrected chi connectivity index (χ3v) is 2.70. The first-order chi connectivity index (χ1) is 10.2. The molecule has 112 valence electrons. The minimum absolute atomic E-state index is 0.523. The van der Waals surface area contributed by atoms with E-state index in [1.165, 1.54) is 0 Å². The molecule has 0 bridgehead atoms. The maximum absolute atomic E-state index is 5.80. The monoisotopic (exact) mass is 287 g/mol. The highest BCUT2D eigenvalue weighted by Crippen LogP contribution is 2.25. The van der Waals surface area contributed by atoms with E-state index in [4.69, 9.17) is 9.47 Å². The molecule has 2 aromatic rings. The summed E-state index contributed by atoms with van der Waals surface area (Å²) in [6, 6.07) is 9.32. The number of hydrogen-bond acceptors (Lipinski definition) is 5. The zero-order valence-corrected chi connectivity index (χ0v) is 12.7. The Kier molecular flexibility index (Phi) is 5.37. The van der Waals surface area contributed by atoms with Crippen molar-refractivity contribution in [1.82, 2.24) is 9.97 Å². The molecule has 0 fully saturated rings. The van der Waals surface area contributed by atoms with E-state index in [0.29, 0.717) is 24.2 Å². The standard InChI is InChI=1S/C16H21N3O2/c1-4-9-17-16-18-12(3)10-15(19-16)21-14-8-6-7-13(11-14)20-5-2/h6-8,10-11H,4-5,9H2,1-3H3,(H,17,18,19). The number of nitrogens with one attached hydrogen (secondary N) is 1. The molecule has 0 atom stereocenters. The highest BCUT2D eigenvalue weighted by molar-refractivity contribution is 5.37. The lowest BCUT2D eigenvalue weighted by Gasteiger charge is -2.10. The molecular weight excluding hydrogens is 266 g/mol. The maximum atomic E-state index is 5.80. The van der Waals surface area contributed by atoms with Crippen LogP contribution in [0.25, 0.3) is 0 Å². The Hall–Kier alpha value is -2.30. The summed E-state index contributed by atoms with van der Waals surface area (Å²) in [5, 5.41) is 3.17. The van der Waals surface area contributed by atoms with Gasteiger partial charge in [-0.15, -0.1) is 0 Å². The van der Waals surface area contributed by atoms with E-state index in [2.05, 4.69) is 22.2 Å². The molecule has 21 heavy (non-hydrogen) atoms. The Bertz CT molecular complexity index is 587. The van der Waals surface area contributed by atoms with Crippen molar-refractivity contribution in [2.45, 2.75) is 27.2 Å². The smallest absolute Gasteiger partial charge is 0.226 e. The van der Waals surface area contributed by atoms with Crippen LogP contribution in [0.2, 0.25) is 0 Å². The summed E-state index contributed by atoms with van der Waals surface area (Å²) in [5.74, 6) is 2.59. The van der Waals surface area contributed by atoms with Gasteiger partial charge in [0.25, 0.3) is 0 Å². The fourth-order valence-corrected chi connectivity index (χ4v) is 1.82. The number of benzene rings is 1. The summed E-state index contributed by atoms with van der Waals surface area (Å²) >= 11 is 0. The second kappa shape index (κ2) is 7.47. The van der Waals surface area contributed by atoms with Crippen LogP contribution >= 0.6 is 0 Å². The number of anilines is 1. The lowest BCUT2D eigenvalue weighted by molar-refractivity contribution is 0.338. The Morgan fingerprint density at radius 1 is 1.10 bits per heavy atom. The number of aromatic nitrogens is 2. The van der Waals surface area contributed by atoms with Gasteiger partial charge in [0.2, 0.25) is 11.8 Å². The van der Waals surface area contributed by atoms with Gasteiger partial charge in [-0.25, -0.2) is 4.98 Å². The van der Waals surface area contributed by atoms with Gasteiger partial charge in [0, 0.05) is 24.4 Å². The van der Waals surface area contributed by atoms with E-state index < -0.39 is 0 Å².